The molecule has 2 N–H and O–H groups in total. The fraction of sp³-hybridized carbons (Fsp3) is 0.400. The lowest BCUT2D eigenvalue weighted by Crippen LogP contribution is -2.45. The number of hydrogen-bond donors (Lipinski definition) is 2. The van der Waals surface area contributed by atoms with Gasteiger partial charge in [0.1, 0.15) is 18.8 Å². The summed E-state index contributed by atoms with van der Waals surface area (Å²) in [7, 11) is 0. The third kappa shape index (κ3) is 10.3. The lowest BCUT2D eigenvalue weighted by Gasteiger charge is -2.25. The topological polar surface area (TPSA) is 111 Å². The zero-order valence-corrected chi connectivity index (χ0v) is 24.8. The van der Waals surface area contributed by atoms with Crippen molar-refractivity contribution in [1.82, 2.24) is 5.32 Å². The van der Waals surface area contributed by atoms with Gasteiger partial charge in [-0.3, -0.25) is 9.59 Å². The summed E-state index contributed by atoms with van der Waals surface area (Å²) in [6.07, 6.45) is 1.30. The molecule has 3 aromatic rings. The maximum absolute atomic E-state index is 13.8. The molecule has 0 aliphatic carbocycles. The van der Waals surface area contributed by atoms with Crippen LogP contribution in [0, 0.1) is 11.8 Å². The number of carboxylic acid groups (broad SMARTS) is 1. The third-order valence-corrected chi connectivity index (χ3v) is 7.58. The lowest BCUT2D eigenvalue weighted by molar-refractivity contribution is -0.162. The van der Waals surface area contributed by atoms with E-state index >= 15 is 0 Å². The molecule has 3 aromatic carbocycles. The van der Waals surface area contributed by atoms with Crippen LogP contribution in [0.4, 0.5) is 0 Å². The first-order valence-corrected chi connectivity index (χ1v) is 14.8. The van der Waals surface area contributed by atoms with Crippen LogP contribution in [-0.4, -0.2) is 54.1 Å². The smallest absolute Gasteiger partial charge is 0.326 e. The summed E-state index contributed by atoms with van der Waals surface area (Å²) in [6.45, 7) is 3.99. The Hall–Kier alpha value is -4.01. The predicted octanol–water partition coefficient (Wildman–Crippen LogP) is 4.99. The first-order valence-electron chi connectivity index (χ1n) is 14.8. The molecule has 4 atom stereocenters. The summed E-state index contributed by atoms with van der Waals surface area (Å²) in [5.41, 5.74) is 2.86. The largest absolute Gasteiger partial charge is 0.480 e. The minimum Gasteiger partial charge on any atom is -0.480 e. The molecule has 0 radical (unpaired) electrons. The molecule has 1 aliphatic heterocycles. The molecule has 0 bridgehead atoms. The van der Waals surface area contributed by atoms with Gasteiger partial charge < -0.3 is 24.6 Å². The van der Waals surface area contributed by atoms with Crippen molar-refractivity contribution in [2.75, 3.05) is 13.2 Å². The number of carbonyl (C=O) groups is 3. The van der Waals surface area contributed by atoms with Gasteiger partial charge in [-0.25, -0.2) is 4.79 Å². The molecule has 1 unspecified atom stereocenters. The van der Waals surface area contributed by atoms with E-state index in [0.717, 1.165) is 16.7 Å². The van der Waals surface area contributed by atoms with Gasteiger partial charge in [0.2, 0.25) is 5.91 Å². The molecule has 43 heavy (non-hydrogen) atoms. The second-order valence-corrected chi connectivity index (χ2v) is 11.5. The normalized spacial score (nSPS) is 17.9. The van der Waals surface area contributed by atoms with Gasteiger partial charge in [0.05, 0.1) is 12.5 Å². The Morgan fingerprint density at radius 1 is 0.860 bits per heavy atom. The van der Waals surface area contributed by atoms with E-state index in [1.54, 1.807) is 0 Å². The Morgan fingerprint density at radius 3 is 1.91 bits per heavy atom. The van der Waals surface area contributed by atoms with Crippen LogP contribution in [0.2, 0.25) is 0 Å². The maximum Gasteiger partial charge on any atom is 0.326 e. The highest BCUT2D eigenvalue weighted by molar-refractivity contribution is 5.85. The summed E-state index contributed by atoms with van der Waals surface area (Å²) in [5, 5.41) is 12.7. The van der Waals surface area contributed by atoms with Crippen molar-refractivity contribution in [1.29, 1.82) is 0 Å². The molecule has 8 heteroatoms. The highest BCUT2D eigenvalue weighted by Crippen LogP contribution is 2.26. The van der Waals surface area contributed by atoms with Gasteiger partial charge in [-0.1, -0.05) is 91.0 Å². The van der Waals surface area contributed by atoms with Gasteiger partial charge in [-0.05, 0) is 62.6 Å². The quantitative estimate of drug-likeness (QED) is 0.241. The SMILES string of the molecule is CC1(C)OCC(COC(=O)[C@H](Cc2ccccc2)C[C@@H](Cc2ccccc2)C(=O)N[C@@H](CCc2ccccc2)C(=O)O)O1. The monoisotopic (exact) mass is 587 g/mol. The molecule has 1 aliphatic rings. The number of carbonyl (C=O) groups excluding carboxylic acids is 2. The zero-order valence-electron chi connectivity index (χ0n) is 24.8. The Morgan fingerprint density at radius 2 is 1.40 bits per heavy atom. The highest BCUT2D eigenvalue weighted by Gasteiger charge is 2.35. The third-order valence-electron chi connectivity index (χ3n) is 7.58. The predicted molar refractivity (Wildman–Crippen MR) is 162 cm³/mol. The van der Waals surface area contributed by atoms with E-state index in [-0.39, 0.29) is 25.6 Å². The van der Waals surface area contributed by atoms with Crippen LogP contribution in [0.15, 0.2) is 91.0 Å². The molecule has 4 rings (SSSR count). The van der Waals surface area contributed by atoms with Crippen molar-refractivity contribution < 1.29 is 33.7 Å². The number of rotatable bonds is 15. The summed E-state index contributed by atoms with van der Waals surface area (Å²) in [4.78, 5) is 39.4. The number of nitrogens with one attached hydrogen (secondary N) is 1. The second-order valence-electron chi connectivity index (χ2n) is 11.5. The van der Waals surface area contributed by atoms with Crippen molar-refractivity contribution in [2.45, 2.75) is 63.9 Å². The van der Waals surface area contributed by atoms with Gasteiger partial charge in [-0.2, -0.15) is 0 Å². The molecular weight excluding hydrogens is 546 g/mol. The summed E-state index contributed by atoms with van der Waals surface area (Å²) < 4.78 is 17.1. The number of benzene rings is 3. The first kappa shape index (κ1) is 31.9. The van der Waals surface area contributed by atoms with Gasteiger partial charge in [-0.15, -0.1) is 0 Å². The van der Waals surface area contributed by atoms with Crippen LogP contribution in [0.3, 0.4) is 0 Å². The van der Waals surface area contributed by atoms with E-state index in [9.17, 15) is 19.5 Å². The van der Waals surface area contributed by atoms with Crippen molar-refractivity contribution in [3.05, 3.63) is 108 Å². The van der Waals surface area contributed by atoms with Crippen molar-refractivity contribution >= 4 is 17.8 Å². The second kappa shape index (κ2) is 15.5. The van der Waals surface area contributed by atoms with E-state index < -0.39 is 41.5 Å². The fourth-order valence-electron chi connectivity index (χ4n) is 5.33. The van der Waals surface area contributed by atoms with Gasteiger partial charge in [0.25, 0.3) is 0 Å². The lowest BCUT2D eigenvalue weighted by atomic mass is 9.85. The molecule has 1 saturated heterocycles. The standard InChI is InChI=1S/C35H41NO7/c1-35(2)42-24-30(43-35)23-41-34(40)29(21-27-16-10-5-11-17-27)22-28(20-26-14-8-4-9-15-26)32(37)36-31(33(38)39)19-18-25-12-6-3-7-13-25/h3-17,28-31H,18-24H2,1-2H3,(H,36,37)(H,38,39)/t28-,29-,30?,31+/m1/s1. The maximum atomic E-state index is 13.8. The molecule has 8 nitrogen and oxygen atoms in total. The summed E-state index contributed by atoms with van der Waals surface area (Å²) in [5.74, 6) is -3.95. The van der Waals surface area contributed by atoms with E-state index in [2.05, 4.69) is 5.32 Å². The number of carboxylic acids is 1. The number of aryl methyl sites for hydroxylation is 1. The molecule has 1 heterocycles. The van der Waals surface area contributed by atoms with Gasteiger partial charge >= 0.3 is 11.9 Å². The number of esters is 1. The number of ether oxygens (including phenoxy) is 3. The van der Waals surface area contributed by atoms with E-state index in [4.69, 9.17) is 14.2 Å². The molecule has 1 fully saturated rings. The number of amides is 1. The fourth-order valence-corrected chi connectivity index (χ4v) is 5.33. The molecule has 0 saturated carbocycles. The van der Waals surface area contributed by atoms with Crippen molar-refractivity contribution in [3.63, 3.8) is 0 Å². The minimum absolute atomic E-state index is 0.0453. The molecular formula is C35H41NO7. The molecule has 0 aromatic heterocycles. The summed E-state index contributed by atoms with van der Waals surface area (Å²) in [6, 6.07) is 27.6. The van der Waals surface area contributed by atoms with E-state index in [0.29, 0.717) is 25.9 Å². The first-order chi connectivity index (χ1) is 20.7. The Labute approximate surface area is 253 Å². The Kier molecular flexibility index (Phi) is 11.5. The van der Waals surface area contributed by atoms with Crippen molar-refractivity contribution in [3.8, 4) is 0 Å². The van der Waals surface area contributed by atoms with Crippen LogP contribution < -0.4 is 5.32 Å². The molecule has 0 spiro atoms. The Bertz CT molecular complexity index is 1310. The highest BCUT2D eigenvalue weighted by atomic mass is 16.7. The zero-order chi connectivity index (χ0) is 30.7. The van der Waals surface area contributed by atoms with Crippen LogP contribution in [0.1, 0.15) is 43.4 Å². The van der Waals surface area contributed by atoms with Gasteiger partial charge in [0.15, 0.2) is 5.79 Å². The molecule has 1 amide bonds. The van der Waals surface area contributed by atoms with E-state index in [1.807, 2.05) is 105 Å². The number of aliphatic carboxylic acids is 1. The average Bonchev–Trinajstić information content (AvgIpc) is 3.36. The van der Waals surface area contributed by atoms with E-state index in [1.165, 1.54) is 0 Å². The number of hydrogen-bond acceptors (Lipinski definition) is 6. The van der Waals surface area contributed by atoms with Crippen LogP contribution in [-0.2, 0) is 47.9 Å². The summed E-state index contributed by atoms with van der Waals surface area (Å²) >= 11 is 0. The Balaban J connectivity index is 1.50. The van der Waals surface area contributed by atoms with Crippen LogP contribution in [0.5, 0.6) is 0 Å². The van der Waals surface area contributed by atoms with Crippen LogP contribution in [0.25, 0.3) is 0 Å². The van der Waals surface area contributed by atoms with Crippen LogP contribution >= 0.6 is 0 Å². The van der Waals surface area contributed by atoms with Gasteiger partial charge in [0, 0.05) is 5.92 Å². The van der Waals surface area contributed by atoms with Crippen molar-refractivity contribution in [2.24, 2.45) is 11.8 Å². The average molecular weight is 588 g/mol. The molecule has 228 valence electrons. The minimum atomic E-state index is -1.09.